The van der Waals surface area contributed by atoms with Crippen LogP contribution in [-0.4, -0.2) is 24.8 Å². The van der Waals surface area contributed by atoms with Crippen LogP contribution in [0.3, 0.4) is 0 Å². The SMILES string of the molecule is CC(=O)C=CC=CC=CN(C)C. The first-order chi connectivity index (χ1) is 5.63. The molecule has 0 saturated carbocycles. The Morgan fingerprint density at radius 1 is 1.08 bits per heavy atom. The zero-order chi connectivity index (χ0) is 9.40. The molecule has 0 aliphatic heterocycles. The highest BCUT2D eigenvalue weighted by molar-refractivity contribution is 5.87. The van der Waals surface area contributed by atoms with Gasteiger partial charge in [0.1, 0.15) is 0 Å². The molecule has 0 spiro atoms. The van der Waals surface area contributed by atoms with Crippen molar-refractivity contribution in [2.45, 2.75) is 6.92 Å². The van der Waals surface area contributed by atoms with Crippen LogP contribution < -0.4 is 0 Å². The molecule has 2 nitrogen and oxygen atoms in total. The molecular weight excluding hydrogens is 150 g/mol. The van der Waals surface area contributed by atoms with Crippen LogP contribution in [0.2, 0.25) is 0 Å². The third-order valence-electron chi connectivity index (χ3n) is 1.05. The van der Waals surface area contributed by atoms with E-state index < -0.39 is 0 Å². The van der Waals surface area contributed by atoms with Crippen molar-refractivity contribution in [1.82, 2.24) is 4.90 Å². The van der Waals surface area contributed by atoms with Crippen LogP contribution in [0.15, 0.2) is 36.6 Å². The van der Waals surface area contributed by atoms with E-state index in [1.807, 2.05) is 43.4 Å². The Morgan fingerprint density at radius 3 is 2.17 bits per heavy atom. The maximum absolute atomic E-state index is 10.4. The minimum atomic E-state index is 0.0660. The molecule has 0 unspecified atom stereocenters. The Morgan fingerprint density at radius 2 is 1.67 bits per heavy atom. The Labute approximate surface area is 73.9 Å². The van der Waals surface area contributed by atoms with Crippen LogP contribution in [0.1, 0.15) is 6.92 Å². The number of nitrogens with zero attached hydrogens (tertiary/aromatic N) is 1. The van der Waals surface area contributed by atoms with Gasteiger partial charge in [-0.15, -0.1) is 0 Å². The van der Waals surface area contributed by atoms with Crippen molar-refractivity contribution in [3.05, 3.63) is 36.6 Å². The molecule has 0 radical (unpaired) electrons. The topological polar surface area (TPSA) is 20.3 Å². The van der Waals surface area contributed by atoms with Crippen molar-refractivity contribution in [2.75, 3.05) is 14.1 Å². The van der Waals surface area contributed by atoms with E-state index in [2.05, 4.69) is 0 Å². The van der Waals surface area contributed by atoms with Crippen LogP contribution in [0.4, 0.5) is 0 Å². The van der Waals surface area contributed by atoms with Crippen molar-refractivity contribution >= 4 is 5.78 Å². The van der Waals surface area contributed by atoms with Gasteiger partial charge in [-0.2, -0.15) is 0 Å². The van der Waals surface area contributed by atoms with E-state index in [0.717, 1.165) is 0 Å². The van der Waals surface area contributed by atoms with E-state index in [-0.39, 0.29) is 5.78 Å². The fourth-order valence-corrected chi connectivity index (χ4v) is 0.541. The number of allylic oxidation sites excluding steroid dienone is 5. The molecule has 0 saturated heterocycles. The quantitative estimate of drug-likeness (QED) is 0.467. The summed E-state index contributed by atoms with van der Waals surface area (Å²) in [5.74, 6) is 0.0660. The molecule has 0 heterocycles. The summed E-state index contributed by atoms with van der Waals surface area (Å²) in [7, 11) is 3.91. The fourth-order valence-electron chi connectivity index (χ4n) is 0.541. The van der Waals surface area contributed by atoms with Gasteiger partial charge in [-0.1, -0.05) is 18.2 Å². The van der Waals surface area contributed by atoms with E-state index in [1.165, 1.54) is 13.0 Å². The molecular formula is C10H15NO. The van der Waals surface area contributed by atoms with Crippen LogP contribution in [-0.2, 0) is 4.79 Å². The third kappa shape index (κ3) is 8.69. The van der Waals surface area contributed by atoms with Crippen molar-refractivity contribution in [1.29, 1.82) is 0 Å². The van der Waals surface area contributed by atoms with Gasteiger partial charge >= 0.3 is 0 Å². The molecule has 0 amide bonds. The standard InChI is InChI=1S/C10H15NO/c1-10(12)8-6-4-5-7-9-11(2)3/h4-9H,1-3H3. The predicted octanol–water partition coefficient (Wildman–Crippen LogP) is 1.76. The first-order valence-corrected chi connectivity index (χ1v) is 3.81. The fraction of sp³-hybridized carbons (Fsp3) is 0.300. The van der Waals surface area contributed by atoms with Gasteiger partial charge < -0.3 is 4.90 Å². The lowest BCUT2D eigenvalue weighted by Crippen LogP contribution is -1.99. The van der Waals surface area contributed by atoms with Gasteiger partial charge in [0, 0.05) is 14.1 Å². The molecule has 66 valence electrons. The Bertz CT molecular complexity index is 212. The largest absolute Gasteiger partial charge is 0.383 e. The average Bonchev–Trinajstić information content (AvgIpc) is 1.95. The minimum absolute atomic E-state index is 0.0660. The molecule has 0 fully saturated rings. The van der Waals surface area contributed by atoms with Crippen LogP contribution >= 0.6 is 0 Å². The Kier molecular flexibility index (Phi) is 5.70. The molecule has 0 bridgehead atoms. The van der Waals surface area contributed by atoms with Crippen molar-refractivity contribution in [3.8, 4) is 0 Å². The van der Waals surface area contributed by atoms with Gasteiger partial charge in [0.25, 0.3) is 0 Å². The summed E-state index contributed by atoms with van der Waals surface area (Å²) in [6.45, 7) is 1.53. The second-order valence-corrected chi connectivity index (χ2v) is 2.66. The summed E-state index contributed by atoms with van der Waals surface area (Å²) in [4.78, 5) is 12.4. The van der Waals surface area contributed by atoms with E-state index in [1.54, 1.807) is 6.08 Å². The van der Waals surface area contributed by atoms with Crippen molar-refractivity contribution in [2.24, 2.45) is 0 Å². The maximum Gasteiger partial charge on any atom is 0.152 e. The number of rotatable bonds is 4. The van der Waals surface area contributed by atoms with E-state index in [4.69, 9.17) is 0 Å². The zero-order valence-electron chi connectivity index (χ0n) is 7.82. The molecule has 12 heavy (non-hydrogen) atoms. The van der Waals surface area contributed by atoms with Gasteiger partial charge in [0.05, 0.1) is 0 Å². The Hall–Kier alpha value is -1.31. The molecule has 0 atom stereocenters. The molecule has 0 aliphatic carbocycles. The summed E-state index contributed by atoms with van der Waals surface area (Å²) in [5.41, 5.74) is 0. The first-order valence-electron chi connectivity index (χ1n) is 3.81. The monoisotopic (exact) mass is 165 g/mol. The highest BCUT2D eigenvalue weighted by Gasteiger charge is 1.76. The van der Waals surface area contributed by atoms with Crippen LogP contribution in [0, 0.1) is 0 Å². The number of ketones is 1. The van der Waals surface area contributed by atoms with Gasteiger partial charge in [-0.05, 0) is 25.3 Å². The van der Waals surface area contributed by atoms with E-state index in [0.29, 0.717) is 0 Å². The zero-order valence-corrected chi connectivity index (χ0v) is 7.82. The first kappa shape index (κ1) is 10.7. The number of carbonyl (C=O) groups is 1. The molecule has 2 heteroatoms. The third-order valence-corrected chi connectivity index (χ3v) is 1.05. The summed E-state index contributed by atoms with van der Waals surface area (Å²) in [6.07, 6.45) is 10.8. The normalized spacial score (nSPS) is 11.9. The summed E-state index contributed by atoms with van der Waals surface area (Å²) >= 11 is 0. The summed E-state index contributed by atoms with van der Waals surface area (Å²) in [6, 6.07) is 0. The Balaban J connectivity index is 3.70. The highest BCUT2D eigenvalue weighted by atomic mass is 16.1. The lowest BCUT2D eigenvalue weighted by atomic mass is 10.3. The van der Waals surface area contributed by atoms with Crippen LogP contribution in [0.5, 0.6) is 0 Å². The van der Waals surface area contributed by atoms with E-state index >= 15 is 0 Å². The smallest absolute Gasteiger partial charge is 0.152 e. The average molecular weight is 165 g/mol. The van der Waals surface area contributed by atoms with Crippen molar-refractivity contribution in [3.63, 3.8) is 0 Å². The summed E-state index contributed by atoms with van der Waals surface area (Å²) in [5, 5.41) is 0. The molecule has 0 aliphatic rings. The number of hydrogen-bond acceptors (Lipinski definition) is 2. The molecule has 0 aromatic rings. The molecule has 0 aromatic carbocycles. The lowest BCUT2D eigenvalue weighted by Gasteiger charge is -2.00. The second kappa shape index (κ2) is 6.40. The highest BCUT2D eigenvalue weighted by Crippen LogP contribution is 1.82. The van der Waals surface area contributed by atoms with E-state index in [9.17, 15) is 4.79 Å². The number of hydrogen-bond donors (Lipinski definition) is 0. The molecule has 0 aromatic heterocycles. The van der Waals surface area contributed by atoms with Crippen LogP contribution in [0.25, 0.3) is 0 Å². The van der Waals surface area contributed by atoms with Gasteiger partial charge in [0.15, 0.2) is 5.78 Å². The maximum atomic E-state index is 10.4. The van der Waals surface area contributed by atoms with Gasteiger partial charge in [0.2, 0.25) is 0 Å². The summed E-state index contributed by atoms with van der Waals surface area (Å²) < 4.78 is 0. The molecule has 0 rings (SSSR count). The van der Waals surface area contributed by atoms with Crippen molar-refractivity contribution < 1.29 is 4.79 Å². The minimum Gasteiger partial charge on any atom is -0.383 e. The second-order valence-electron chi connectivity index (χ2n) is 2.66. The van der Waals surface area contributed by atoms with Gasteiger partial charge in [-0.25, -0.2) is 0 Å². The number of carbonyl (C=O) groups excluding carboxylic acids is 1. The van der Waals surface area contributed by atoms with Gasteiger partial charge in [-0.3, -0.25) is 4.79 Å². The lowest BCUT2D eigenvalue weighted by molar-refractivity contribution is -0.112. The molecule has 0 N–H and O–H groups in total. The predicted molar refractivity (Wildman–Crippen MR) is 51.8 cm³/mol.